The number of benzene rings is 2. The Bertz CT molecular complexity index is 1360. The number of carbonyl (C=O) groups excluding carboxylic acids is 1. The van der Waals surface area contributed by atoms with Crippen molar-refractivity contribution in [2.75, 3.05) is 48.7 Å². The molecule has 35 heavy (non-hydrogen) atoms. The molecular formula is C27H30N6OS. The third kappa shape index (κ3) is 4.85. The van der Waals surface area contributed by atoms with Gasteiger partial charge in [0.1, 0.15) is 5.82 Å². The van der Waals surface area contributed by atoms with Gasteiger partial charge in [0, 0.05) is 60.5 Å². The molecule has 2 aromatic carbocycles. The maximum atomic E-state index is 12.2. The summed E-state index contributed by atoms with van der Waals surface area (Å²) in [4.78, 5) is 26.5. The average molecular weight is 487 g/mol. The number of carbonyl (C=O) groups is 1. The Labute approximate surface area is 209 Å². The lowest BCUT2D eigenvalue weighted by Gasteiger charge is -2.35. The zero-order chi connectivity index (χ0) is 24.4. The minimum Gasteiger partial charge on any atom is -0.382 e. The Balaban J connectivity index is 1.43. The van der Waals surface area contributed by atoms with Crippen molar-refractivity contribution in [2.45, 2.75) is 20.3 Å². The van der Waals surface area contributed by atoms with Gasteiger partial charge in [-0.3, -0.25) is 4.79 Å². The second kappa shape index (κ2) is 10.0. The summed E-state index contributed by atoms with van der Waals surface area (Å²) in [5, 5.41) is 5.39. The molecule has 1 saturated heterocycles. The normalized spacial score (nSPS) is 14.4. The molecule has 0 spiro atoms. The number of piperazine rings is 1. The third-order valence-electron chi connectivity index (χ3n) is 6.55. The highest BCUT2D eigenvalue weighted by Gasteiger charge is 2.17. The first-order valence-corrected chi connectivity index (χ1v) is 13.0. The van der Waals surface area contributed by atoms with Crippen molar-refractivity contribution in [2.24, 2.45) is 0 Å². The minimum atomic E-state index is 0.124. The van der Waals surface area contributed by atoms with Crippen molar-refractivity contribution >= 4 is 50.5 Å². The summed E-state index contributed by atoms with van der Waals surface area (Å²) in [7, 11) is 0. The van der Waals surface area contributed by atoms with E-state index in [4.69, 9.17) is 10.7 Å². The maximum absolute atomic E-state index is 12.2. The lowest BCUT2D eigenvalue weighted by atomic mass is 10.0. The van der Waals surface area contributed by atoms with E-state index in [1.165, 1.54) is 17.0 Å². The smallest absolute Gasteiger partial charge is 0.229 e. The molecule has 0 atom stereocenters. The highest BCUT2D eigenvalue weighted by molar-refractivity contribution is 7.18. The van der Waals surface area contributed by atoms with Gasteiger partial charge >= 0.3 is 0 Å². The number of aromatic nitrogens is 2. The molecule has 1 fully saturated rings. The first kappa shape index (κ1) is 23.3. The van der Waals surface area contributed by atoms with E-state index in [0.29, 0.717) is 23.8 Å². The number of nitrogen functional groups attached to an aromatic ring is 1. The molecule has 1 aliphatic heterocycles. The monoisotopic (exact) mass is 486 g/mol. The van der Waals surface area contributed by atoms with Gasteiger partial charge in [0.25, 0.3) is 0 Å². The van der Waals surface area contributed by atoms with Crippen LogP contribution in [0.2, 0.25) is 0 Å². The van der Waals surface area contributed by atoms with Gasteiger partial charge in [-0.25, -0.2) is 4.98 Å². The van der Waals surface area contributed by atoms with Crippen LogP contribution in [0.15, 0.2) is 53.9 Å². The number of fused-ring (bicyclic) bond motifs is 1. The summed E-state index contributed by atoms with van der Waals surface area (Å²) in [5.74, 6) is 1.03. The number of likely N-dealkylation sites (N-methyl/N-ethyl adjacent to an activating group) is 1. The summed E-state index contributed by atoms with van der Waals surface area (Å²) >= 11 is 1.52. The van der Waals surface area contributed by atoms with E-state index >= 15 is 0 Å². The molecule has 8 heteroatoms. The number of thiophene rings is 1. The predicted octanol–water partition coefficient (Wildman–Crippen LogP) is 5.42. The van der Waals surface area contributed by atoms with E-state index < -0.39 is 0 Å². The van der Waals surface area contributed by atoms with Crippen LogP contribution in [0.5, 0.6) is 0 Å². The number of hydrogen-bond donors (Lipinski definition) is 2. The molecule has 2 aromatic heterocycles. The van der Waals surface area contributed by atoms with E-state index in [0.717, 1.165) is 59.8 Å². The molecule has 0 radical (unpaired) electrons. The molecule has 0 saturated carbocycles. The van der Waals surface area contributed by atoms with Gasteiger partial charge in [0.15, 0.2) is 5.78 Å². The molecule has 0 amide bonds. The number of Topliss-reactive ketones (excluding diaryl/α,β-unsaturated/α-hetero) is 1. The molecule has 3 N–H and O–H groups in total. The zero-order valence-electron chi connectivity index (χ0n) is 20.1. The lowest BCUT2D eigenvalue weighted by Crippen LogP contribution is -2.46. The molecule has 0 aliphatic carbocycles. The molecule has 3 heterocycles. The number of nitrogens with one attached hydrogen (secondary N) is 1. The van der Waals surface area contributed by atoms with Crippen LogP contribution in [0.1, 0.15) is 30.6 Å². The van der Waals surface area contributed by atoms with Crippen molar-refractivity contribution in [3.63, 3.8) is 0 Å². The quantitative estimate of drug-likeness (QED) is 0.337. The summed E-state index contributed by atoms with van der Waals surface area (Å²) in [6.45, 7) is 9.38. The number of rotatable bonds is 7. The van der Waals surface area contributed by atoms with Crippen molar-refractivity contribution in [1.29, 1.82) is 0 Å². The summed E-state index contributed by atoms with van der Waals surface area (Å²) in [6, 6.07) is 16.1. The van der Waals surface area contributed by atoms with Crippen LogP contribution in [-0.2, 0) is 0 Å². The Morgan fingerprint density at radius 1 is 1.06 bits per heavy atom. The molecule has 4 aromatic rings. The number of ketones is 1. The fourth-order valence-electron chi connectivity index (χ4n) is 4.50. The van der Waals surface area contributed by atoms with Crippen LogP contribution < -0.4 is 16.0 Å². The second-order valence-electron chi connectivity index (χ2n) is 8.71. The van der Waals surface area contributed by atoms with E-state index in [9.17, 15) is 4.79 Å². The molecule has 7 nitrogen and oxygen atoms in total. The van der Waals surface area contributed by atoms with Crippen LogP contribution >= 0.6 is 11.3 Å². The number of hydrogen-bond acceptors (Lipinski definition) is 8. The molecule has 0 bridgehead atoms. The minimum absolute atomic E-state index is 0.124. The van der Waals surface area contributed by atoms with E-state index in [1.54, 1.807) is 0 Å². The summed E-state index contributed by atoms with van der Waals surface area (Å²) < 4.78 is 0.848. The van der Waals surface area contributed by atoms with Gasteiger partial charge in [-0.1, -0.05) is 38.1 Å². The lowest BCUT2D eigenvalue weighted by molar-refractivity contribution is 0.0988. The molecule has 1 aliphatic rings. The van der Waals surface area contributed by atoms with Gasteiger partial charge < -0.3 is 20.9 Å². The van der Waals surface area contributed by atoms with E-state index in [-0.39, 0.29) is 5.78 Å². The molecule has 0 unspecified atom stereocenters. The SMILES string of the molecule is CCC(=O)c1cccc(-c2csc3c(N)nc(Nc4cccc(N5CCN(CC)CC5)c4)nc23)c1. The van der Waals surface area contributed by atoms with Crippen LogP contribution in [0.25, 0.3) is 21.3 Å². The van der Waals surface area contributed by atoms with Gasteiger partial charge in [-0.05, 0) is 36.4 Å². The molecular weight excluding hydrogens is 456 g/mol. The van der Waals surface area contributed by atoms with Crippen molar-refractivity contribution < 1.29 is 4.79 Å². The number of nitrogens with zero attached hydrogens (tertiary/aromatic N) is 4. The van der Waals surface area contributed by atoms with E-state index in [2.05, 4.69) is 45.2 Å². The second-order valence-corrected chi connectivity index (χ2v) is 9.59. The van der Waals surface area contributed by atoms with Crippen molar-refractivity contribution in [1.82, 2.24) is 14.9 Å². The first-order chi connectivity index (χ1) is 17.1. The van der Waals surface area contributed by atoms with Crippen LogP contribution in [0, 0.1) is 0 Å². The number of anilines is 4. The van der Waals surface area contributed by atoms with Crippen LogP contribution in [0.4, 0.5) is 23.1 Å². The first-order valence-electron chi connectivity index (χ1n) is 12.1. The van der Waals surface area contributed by atoms with E-state index in [1.807, 2.05) is 42.6 Å². The highest BCUT2D eigenvalue weighted by Crippen LogP contribution is 2.36. The third-order valence-corrected chi connectivity index (χ3v) is 7.54. The van der Waals surface area contributed by atoms with Crippen molar-refractivity contribution in [3.8, 4) is 11.1 Å². The van der Waals surface area contributed by atoms with Gasteiger partial charge in [0.2, 0.25) is 5.95 Å². The van der Waals surface area contributed by atoms with Gasteiger partial charge in [-0.15, -0.1) is 11.3 Å². The summed E-state index contributed by atoms with van der Waals surface area (Å²) in [5.41, 5.74) is 11.8. The maximum Gasteiger partial charge on any atom is 0.229 e. The zero-order valence-corrected chi connectivity index (χ0v) is 20.9. The fourth-order valence-corrected chi connectivity index (χ4v) is 5.41. The van der Waals surface area contributed by atoms with Crippen LogP contribution in [0.3, 0.4) is 0 Å². The largest absolute Gasteiger partial charge is 0.382 e. The Kier molecular flexibility index (Phi) is 6.66. The Morgan fingerprint density at radius 2 is 1.86 bits per heavy atom. The van der Waals surface area contributed by atoms with Crippen molar-refractivity contribution in [3.05, 3.63) is 59.5 Å². The molecule has 180 valence electrons. The fraction of sp³-hybridized carbons (Fsp3) is 0.296. The van der Waals surface area contributed by atoms with Gasteiger partial charge in [0.05, 0.1) is 10.2 Å². The van der Waals surface area contributed by atoms with Gasteiger partial charge in [-0.2, -0.15) is 4.98 Å². The Morgan fingerprint density at radius 3 is 2.63 bits per heavy atom. The number of nitrogens with two attached hydrogens (primary N) is 1. The Hall–Kier alpha value is -3.49. The standard InChI is InChI=1S/C27H30N6OS/c1-3-23(34)19-8-5-7-18(15-19)22-17-35-25-24(22)30-27(31-26(25)28)29-20-9-6-10-21(16-20)33-13-11-32(4-2)12-14-33/h5-10,15-17H,3-4,11-14H2,1-2H3,(H3,28,29,30,31). The predicted molar refractivity (Wildman–Crippen MR) is 146 cm³/mol. The summed E-state index contributed by atoms with van der Waals surface area (Å²) in [6.07, 6.45) is 0.477. The average Bonchev–Trinajstić information content (AvgIpc) is 3.33. The topological polar surface area (TPSA) is 87.4 Å². The molecule has 5 rings (SSSR count). The highest BCUT2D eigenvalue weighted by atomic mass is 32.1. The van der Waals surface area contributed by atoms with Crippen LogP contribution in [-0.4, -0.2) is 53.4 Å².